The zero-order valence-corrected chi connectivity index (χ0v) is 11.6. The van der Waals surface area contributed by atoms with Crippen molar-refractivity contribution in [3.63, 3.8) is 0 Å². The summed E-state index contributed by atoms with van der Waals surface area (Å²) in [6.45, 7) is 2.85. The third kappa shape index (κ3) is 2.38. The molecule has 0 fully saturated rings. The molecule has 1 aromatic carbocycles. The fourth-order valence-corrected chi connectivity index (χ4v) is 2.25. The van der Waals surface area contributed by atoms with Crippen LogP contribution in [0.25, 0.3) is 22.4 Å². The van der Waals surface area contributed by atoms with Gasteiger partial charge in [-0.05, 0) is 31.7 Å². The van der Waals surface area contributed by atoms with E-state index in [0.29, 0.717) is 5.82 Å². The first-order valence-corrected chi connectivity index (χ1v) is 6.60. The Morgan fingerprint density at radius 2 is 1.85 bits per heavy atom. The fourth-order valence-electron chi connectivity index (χ4n) is 2.25. The smallest absolute Gasteiger partial charge is 0.178 e. The maximum atomic E-state index is 4.64. The average Bonchev–Trinajstić information content (AvgIpc) is 2.48. The van der Waals surface area contributed by atoms with E-state index in [0.717, 1.165) is 23.3 Å². The molecule has 3 aromatic rings. The molecule has 1 N–H and O–H groups in total. The molecule has 0 radical (unpaired) electrons. The molecule has 4 heteroatoms. The Hall–Kier alpha value is -2.33. The van der Waals surface area contributed by atoms with E-state index in [1.807, 2.05) is 43.7 Å². The Balaban J connectivity index is 2.05. The summed E-state index contributed by atoms with van der Waals surface area (Å²) in [7, 11) is 1.90. The summed E-state index contributed by atoms with van der Waals surface area (Å²) in [5, 5.41) is 4.25. The van der Waals surface area contributed by atoms with Gasteiger partial charge in [0.2, 0.25) is 0 Å². The van der Waals surface area contributed by atoms with Gasteiger partial charge in [0.1, 0.15) is 5.69 Å². The molecule has 0 aliphatic rings. The molecule has 0 aliphatic heterocycles. The number of rotatable bonds is 3. The van der Waals surface area contributed by atoms with Crippen molar-refractivity contribution in [3.05, 3.63) is 53.9 Å². The predicted molar refractivity (Wildman–Crippen MR) is 80.3 cm³/mol. The largest absolute Gasteiger partial charge is 0.316 e. The summed E-state index contributed by atoms with van der Waals surface area (Å²) in [5.74, 6) is 0.665. The molecule has 0 bridgehead atoms. The standard InChI is InChI=1S/C16H16N4/c1-11-7-15(20-14-6-4-3-5-13(11)14)16-18-9-12(8-17-2)10-19-16/h3-7,9-10,17H,8H2,1-2H3. The molecule has 0 amide bonds. The van der Waals surface area contributed by atoms with Crippen LogP contribution >= 0.6 is 0 Å². The second-order valence-corrected chi connectivity index (χ2v) is 4.79. The van der Waals surface area contributed by atoms with Crippen LogP contribution in [0.15, 0.2) is 42.7 Å². The van der Waals surface area contributed by atoms with E-state index < -0.39 is 0 Å². The zero-order valence-electron chi connectivity index (χ0n) is 11.6. The highest BCUT2D eigenvalue weighted by Crippen LogP contribution is 2.21. The molecule has 0 spiro atoms. The molecule has 2 heterocycles. The van der Waals surface area contributed by atoms with Gasteiger partial charge in [0, 0.05) is 29.9 Å². The molecular weight excluding hydrogens is 248 g/mol. The number of hydrogen-bond acceptors (Lipinski definition) is 4. The van der Waals surface area contributed by atoms with E-state index in [2.05, 4.69) is 33.3 Å². The van der Waals surface area contributed by atoms with Gasteiger partial charge in [0.25, 0.3) is 0 Å². The number of aryl methyl sites for hydroxylation is 1. The van der Waals surface area contributed by atoms with Gasteiger partial charge in [-0.25, -0.2) is 15.0 Å². The summed E-state index contributed by atoms with van der Waals surface area (Å²) in [5.41, 5.74) is 4.05. The van der Waals surface area contributed by atoms with Crippen molar-refractivity contribution < 1.29 is 0 Å². The SMILES string of the molecule is CNCc1cnc(-c2cc(C)c3ccccc3n2)nc1. The first-order valence-electron chi connectivity index (χ1n) is 6.60. The van der Waals surface area contributed by atoms with E-state index in [1.165, 1.54) is 10.9 Å². The average molecular weight is 264 g/mol. The number of benzene rings is 1. The summed E-state index contributed by atoms with van der Waals surface area (Å²) >= 11 is 0. The monoisotopic (exact) mass is 264 g/mol. The van der Waals surface area contributed by atoms with Gasteiger partial charge in [-0.15, -0.1) is 0 Å². The van der Waals surface area contributed by atoms with Crippen LogP contribution in [0.2, 0.25) is 0 Å². The number of pyridine rings is 1. The van der Waals surface area contributed by atoms with Crippen LogP contribution in [0.5, 0.6) is 0 Å². The molecule has 100 valence electrons. The Bertz CT molecular complexity index is 735. The number of fused-ring (bicyclic) bond motifs is 1. The normalized spacial score (nSPS) is 10.9. The molecule has 0 aliphatic carbocycles. The highest BCUT2D eigenvalue weighted by atomic mass is 14.9. The lowest BCUT2D eigenvalue weighted by atomic mass is 10.1. The predicted octanol–water partition coefficient (Wildman–Crippen LogP) is 2.72. The van der Waals surface area contributed by atoms with Crippen LogP contribution < -0.4 is 5.32 Å². The van der Waals surface area contributed by atoms with Gasteiger partial charge < -0.3 is 5.32 Å². The first kappa shape index (κ1) is 12.7. The fraction of sp³-hybridized carbons (Fsp3) is 0.188. The second-order valence-electron chi connectivity index (χ2n) is 4.79. The van der Waals surface area contributed by atoms with Gasteiger partial charge in [-0.3, -0.25) is 0 Å². The number of nitrogens with zero attached hydrogens (tertiary/aromatic N) is 3. The molecule has 0 unspecified atom stereocenters. The Morgan fingerprint density at radius 1 is 1.10 bits per heavy atom. The van der Waals surface area contributed by atoms with Gasteiger partial charge in [-0.2, -0.15) is 0 Å². The minimum Gasteiger partial charge on any atom is -0.316 e. The van der Waals surface area contributed by atoms with Gasteiger partial charge >= 0.3 is 0 Å². The number of para-hydroxylation sites is 1. The third-order valence-corrected chi connectivity index (χ3v) is 3.24. The highest BCUT2D eigenvalue weighted by Gasteiger charge is 2.07. The number of aromatic nitrogens is 3. The molecule has 0 saturated carbocycles. The van der Waals surface area contributed by atoms with Crippen LogP contribution in [-0.4, -0.2) is 22.0 Å². The molecule has 0 saturated heterocycles. The van der Waals surface area contributed by atoms with Gasteiger partial charge in [0.15, 0.2) is 5.82 Å². The summed E-state index contributed by atoms with van der Waals surface area (Å²) in [6.07, 6.45) is 3.68. The molecule has 4 nitrogen and oxygen atoms in total. The highest BCUT2D eigenvalue weighted by molar-refractivity contribution is 5.84. The minimum atomic E-state index is 0.665. The summed E-state index contributed by atoms with van der Waals surface area (Å²) in [6, 6.07) is 10.2. The molecule has 2 aromatic heterocycles. The Morgan fingerprint density at radius 3 is 2.60 bits per heavy atom. The van der Waals surface area contributed by atoms with Crippen LogP contribution in [0, 0.1) is 6.92 Å². The Kier molecular flexibility index (Phi) is 3.39. The number of nitrogens with one attached hydrogen (secondary N) is 1. The molecular formula is C16H16N4. The minimum absolute atomic E-state index is 0.665. The van der Waals surface area contributed by atoms with E-state index in [1.54, 1.807) is 0 Å². The van der Waals surface area contributed by atoms with Crippen molar-refractivity contribution in [2.24, 2.45) is 0 Å². The van der Waals surface area contributed by atoms with E-state index >= 15 is 0 Å². The second kappa shape index (κ2) is 5.35. The summed E-state index contributed by atoms with van der Waals surface area (Å²) in [4.78, 5) is 13.4. The number of hydrogen-bond donors (Lipinski definition) is 1. The maximum absolute atomic E-state index is 4.64. The maximum Gasteiger partial charge on any atom is 0.178 e. The first-order chi connectivity index (χ1) is 9.78. The van der Waals surface area contributed by atoms with E-state index in [9.17, 15) is 0 Å². The van der Waals surface area contributed by atoms with Gasteiger partial charge in [-0.1, -0.05) is 18.2 Å². The van der Waals surface area contributed by atoms with Crippen molar-refractivity contribution in [3.8, 4) is 11.5 Å². The van der Waals surface area contributed by atoms with Gasteiger partial charge in [0.05, 0.1) is 5.52 Å². The van der Waals surface area contributed by atoms with Crippen molar-refractivity contribution in [2.45, 2.75) is 13.5 Å². The summed E-state index contributed by atoms with van der Waals surface area (Å²) < 4.78 is 0. The lowest BCUT2D eigenvalue weighted by Crippen LogP contribution is -2.06. The van der Waals surface area contributed by atoms with Crippen molar-refractivity contribution in [1.82, 2.24) is 20.3 Å². The van der Waals surface area contributed by atoms with Crippen LogP contribution in [0.3, 0.4) is 0 Å². The van der Waals surface area contributed by atoms with Crippen molar-refractivity contribution in [2.75, 3.05) is 7.05 Å². The molecule has 3 rings (SSSR count). The van der Waals surface area contributed by atoms with Crippen LogP contribution in [0.1, 0.15) is 11.1 Å². The van der Waals surface area contributed by atoms with E-state index in [4.69, 9.17) is 0 Å². The Labute approximate surface area is 117 Å². The third-order valence-electron chi connectivity index (χ3n) is 3.24. The lowest BCUT2D eigenvalue weighted by molar-refractivity contribution is 0.807. The lowest BCUT2D eigenvalue weighted by Gasteiger charge is -2.06. The van der Waals surface area contributed by atoms with E-state index in [-0.39, 0.29) is 0 Å². The van der Waals surface area contributed by atoms with Crippen LogP contribution in [0.4, 0.5) is 0 Å². The van der Waals surface area contributed by atoms with Crippen molar-refractivity contribution in [1.29, 1.82) is 0 Å². The topological polar surface area (TPSA) is 50.7 Å². The molecule has 20 heavy (non-hydrogen) atoms. The molecule has 0 atom stereocenters. The van der Waals surface area contributed by atoms with Crippen LogP contribution in [-0.2, 0) is 6.54 Å². The quantitative estimate of drug-likeness (QED) is 0.790. The zero-order chi connectivity index (χ0) is 13.9. The van der Waals surface area contributed by atoms with Crippen molar-refractivity contribution >= 4 is 10.9 Å².